The number of halogens is 4. The quantitative estimate of drug-likeness (QED) is 0.775. The van der Waals surface area contributed by atoms with Crippen molar-refractivity contribution in [3.05, 3.63) is 51.5 Å². The van der Waals surface area contributed by atoms with Crippen molar-refractivity contribution >= 4 is 48.9 Å². The Hall–Kier alpha value is -1.38. The van der Waals surface area contributed by atoms with E-state index in [1.165, 1.54) is 12.1 Å². The summed E-state index contributed by atoms with van der Waals surface area (Å²) in [6.45, 7) is 0. The molecule has 9 heteroatoms. The molecular formula is C12H8BrClF2N2O2S. The summed E-state index contributed by atoms with van der Waals surface area (Å²) in [4.78, 5) is -0.442. The number of anilines is 2. The van der Waals surface area contributed by atoms with Crippen LogP contribution in [0.3, 0.4) is 0 Å². The van der Waals surface area contributed by atoms with Gasteiger partial charge in [-0.3, -0.25) is 4.72 Å². The molecule has 0 spiro atoms. The molecule has 0 amide bonds. The SMILES string of the molecule is Nc1cc(S(=O)(=O)Nc2cc(Br)ccc2F)c(Cl)cc1F. The molecule has 0 heterocycles. The van der Waals surface area contributed by atoms with Gasteiger partial charge in [-0.15, -0.1) is 0 Å². The van der Waals surface area contributed by atoms with Crippen LogP contribution in [0.5, 0.6) is 0 Å². The average Bonchev–Trinajstić information content (AvgIpc) is 2.37. The predicted octanol–water partition coefficient (Wildman–Crippen LogP) is 3.76. The molecule has 0 saturated heterocycles. The molecule has 0 aliphatic carbocycles. The highest BCUT2D eigenvalue weighted by atomic mass is 79.9. The van der Waals surface area contributed by atoms with Crippen molar-refractivity contribution < 1.29 is 17.2 Å². The number of rotatable bonds is 3. The maximum Gasteiger partial charge on any atom is 0.263 e. The molecular weight excluding hydrogens is 390 g/mol. The minimum atomic E-state index is -4.21. The molecule has 21 heavy (non-hydrogen) atoms. The summed E-state index contributed by atoms with van der Waals surface area (Å²) in [5.74, 6) is -1.61. The van der Waals surface area contributed by atoms with Gasteiger partial charge in [-0.25, -0.2) is 17.2 Å². The van der Waals surface area contributed by atoms with Gasteiger partial charge in [0.1, 0.15) is 16.5 Å². The minimum Gasteiger partial charge on any atom is -0.396 e. The molecule has 0 radical (unpaired) electrons. The Labute approximate surface area is 133 Å². The van der Waals surface area contributed by atoms with Crippen LogP contribution in [0.25, 0.3) is 0 Å². The molecule has 3 N–H and O–H groups in total. The maximum absolute atomic E-state index is 13.6. The summed E-state index contributed by atoms with van der Waals surface area (Å²) in [7, 11) is -4.21. The van der Waals surface area contributed by atoms with Crippen LogP contribution in [0.2, 0.25) is 5.02 Å². The summed E-state index contributed by atoms with van der Waals surface area (Å²) in [6, 6.07) is 5.39. The van der Waals surface area contributed by atoms with Gasteiger partial charge in [-0.05, 0) is 30.3 Å². The Morgan fingerprint density at radius 2 is 1.81 bits per heavy atom. The summed E-state index contributed by atoms with van der Waals surface area (Å²) >= 11 is 8.80. The van der Waals surface area contributed by atoms with Crippen molar-refractivity contribution in [1.82, 2.24) is 0 Å². The molecule has 2 aromatic carbocycles. The number of hydrogen-bond acceptors (Lipinski definition) is 3. The summed E-state index contributed by atoms with van der Waals surface area (Å²) in [5, 5.41) is -0.357. The molecule has 0 fully saturated rings. The fraction of sp³-hybridized carbons (Fsp3) is 0. The Bertz CT molecular complexity index is 815. The molecule has 0 unspecified atom stereocenters. The number of benzene rings is 2. The Kier molecular flexibility index (Phi) is 4.40. The van der Waals surface area contributed by atoms with E-state index in [9.17, 15) is 17.2 Å². The van der Waals surface area contributed by atoms with E-state index in [2.05, 4.69) is 15.9 Å². The highest BCUT2D eigenvalue weighted by molar-refractivity contribution is 9.10. The van der Waals surface area contributed by atoms with E-state index in [-0.39, 0.29) is 16.4 Å². The van der Waals surface area contributed by atoms with Crippen LogP contribution in [-0.4, -0.2) is 8.42 Å². The highest BCUT2D eigenvalue weighted by Gasteiger charge is 2.21. The number of hydrogen-bond donors (Lipinski definition) is 2. The lowest BCUT2D eigenvalue weighted by atomic mass is 10.3. The zero-order valence-electron chi connectivity index (χ0n) is 10.2. The van der Waals surface area contributed by atoms with Crippen LogP contribution in [0.1, 0.15) is 0 Å². The van der Waals surface area contributed by atoms with Gasteiger partial charge in [0.05, 0.1) is 16.4 Å². The highest BCUT2D eigenvalue weighted by Crippen LogP contribution is 2.29. The van der Waals surface area contributed by atoms with Crippen molar-refractivity contribution in [2.75, 3.05) is 10.5 Å². The topological polar surface area (TPSA) is 72.2 Å². The summed E-state index contributed by atoms with van der Waals surface area (Å²) < 4.78 is 53.7. The van der Waals surface area contributed by atoms with E-state index in [1.807, 2.05) is 4.72 Å². The predicted molar refractivity (Wildman–Crippen MR) is 80.7 cm³/mol. The van der Waals surface area contributed by atoms with Gasteiger partial charge in [-0.1, -0.05) is 27.5 Å². The van der Waals surface area contributed by atoms with E-state index in [0.29, 0.717) is 4.47 Å². The normalized spacial score (nSPS) is 11.4. The first-order valence-electron chi connectivity index (χ1n) is 5.43. The van der Waals surface area contributed by atoms with E-state index >= 15 is 0 Å². The molecule has 2 aromatic rings. The van der Waals surface area contributed by atoms with Crippen molar-refractivity contribution in [3.63, 3.8) is 0 Å². The van der Waals surface area contributed by atoms with E-state index < -0.39 is 26.6 Å². The van der Waals surface area contributed by atoms with E-state index in [0.717, 1.165) is 18.2 Å². The van der Waals surface area contributed by atoms with Gasteiger partial charge in [0, 0.05) is 4.47 Å². The minimum absolute atomic E-state index is 0.275. The van der Waals surface area contributed by atoms with Gasteiger partial charge >= 0.3 is 0 Å². The van der Waals surface area contributed by atoms with Crippen molar-refractivity contribution in [2.45, 2.75) is 4.90 Å². The lowest BCUT2D eigenvalue weighted by Crippen LogP contribution is -2.15. The maximum atomic E-state index is 13.6. The van der Waals surface area contributed by atoms with Gasteiger partial charge < -0.3 is 5.73 Å². The van der Waals surface area contributed by atoms with Crippen molar-refractivity contribution in [1.29, 1.82) is 0 Å². The molecule has 112 valence electrons. The fourth-order valence-electron chi connectivity index (χ4n) is 1.53. The standard InChI is InChI=1S/C12H8BrClF2N2O2S/c13-6-1-2-8(15)11(3-6)18-21(19,20)12-5-10(17)9(16)4-7(12)14/h1-5,18H,17H2. The lowest BCUT2D eigenvalue weighted by Gasteiger charge is -2.11. The Morgan fingerprint density at radius 1 is 1.14 bits per heavy atom. The van der Waals surface area contributed by atoms with Crippen LogP contribution in [-0.2, 0) is 10.0 Å². The molecule has 0 aliphatic heterocycles. The number of sulfonamides is 1. The first-order valence-corrected chi connectivity index (χ1v) is 8.08. The smallest absolute Gasteiger partial charge is 0.263 e. The van der Waals surface area contributed by atoms with Crippen LogP contribution >= 0.6 is 27.5 Å². The zero-order chi connectivity index (χ0) is 15.8. The van der Waals surface area contributed by atoms with Gasteiger partial charge in [0.2, 0.25) is 0 Å². The molecule has 0 atom stereocenters. The van der Waals surface area contributed by atoms with Gasteiger partial charge in [-0.2, -0.15) is 0 Å². The van der Waals surface area contributed by atoms with E-state index in [1.54, 1.807) is 0 Å². The molecule has 4 nitrogen and oxygen atoms in total. The third-order valence-electron chi connectivity index (χ3n) is 2.51. The van der Waals surface area contributed by atoms with Crippen LogP contribution in [0.15, 0.2) is 39.7 Å². The summed E-state index contributed by atoms with van der Waals surface area (Å²) in [5.41, 5.74) is 4.67. The van der Waals surface area contributed by atoms with Crippen LogP contribution in [0, 0.1) is 11.6 Å². The third-order valence-corrected chi connectivity index (χ3v) is 4.84. The van der Waals surface area contributed by atoms with Crippen molar-refractivity contribution in [2.24, 2.45) is 0 Å². The van der Waals surface area contributed by atoms with E-state index in [4.69, 9.17) is 17.3 Å². The van der Waals surface area contributed by atoms with Crippen LogP contribution < -0.4 is 10.5 Å². The molecule has 0 saturated carbocycles. The second kappa shape index (κ2) is 5.78. The molecule has 0 aromatic heterocycles. The molecule has 0 aliphatic rings. The van der Waals surface area contributed by atoms with Gasteiger partial charge in [0.25, 0.3) is 10.0 Å². The molecule has 0 bridgehead atoms. The monoisotopic (exact) mass is 396 g/mol. The first-order chi connectivity index (χ1) is 9.70. The number of nitrogens with two attached hydrogens (primary N) is 1. The number of nitrogen functional groups attached to an aromatic ring is 1. The van der Waals surface area contributed by atoms with Crippen molar-refractivity contribution in [3.8, 4) is 0 Å². The summed E-state index contributed by atoms with van der Waals surface area (Å²) in [6.07, 6.45) is 0. The largest absolute Gasteiger partial charge is 0.396 e. The Morgan fingerprint density at radius 3 is 2.48 bits per heavy atom. The fourth-order valence-corrected chi connectivity index (χ4v) is 3.50. The third kappa shape index (κ3) is 3.45. The molecule has 2 rings (SSSR count). The first kappa shape index (κ1) is 16.0. The van der Waals surface area contributed by atoms with Gasteiger partial charge in [0.15, 0.2) is 0 Å². The van der Waals surface area contributed by atoms with Crippen LogP contribution in [0.4, 0.5) is 20.2 Å². The Balaban J connectivity index is 2.48. The average molecular weight is 398 g/mol. The zero-order valence-corrected chi connectivity index (χ0v) is 13.4. The number of nitrogens with one attached hydrogen (secondary N) is 1. The second-order valence-electron chi connectivity index (χ2n) is 4.03. The lowest BCUT2D eigenvalue weighted by molar-refractivity contribution is 0.597. The second-order valence-corrected chi connectivity index (χ2v) is 7.01.